The van der Waals surface area contributed by atoms with Gasteiger partial charge in [0, 0.05) is 17.5 Å². The number of benzene rings is 4. The van der Waals surface area contributed by atoms with E-state index in [0.717, 1.165) is 54.5 Å². The van der Waals surface area contributed by atoms with Crippen LogP contribution in [0.4, 0.5) is 26.3 Å². The van der Waals surface area contributed by atoms with Crippen molar-refractivity contribution in [2.45, 2.75) is 45.4 Å². The third kappa shape index (κ3) is 6.99. The fraction of sp³-hybridized carbons (Fsp3) is 0.212. The quantitative estimate of drug-likeness (QED) is 0.107. The van der Waals surface area contributed by atoms with Gasteiger partial charge in [0.2, 0.25) is 0 Å². The van der Waals surface area contributed by atoms with Gasteiger partial charge < -0.3 is 0 Å². The molecule has 0 radical (unpaired) electrons. The van der Waals surface area contributed by atoms with E-state index in [2.05, 4.69) is 0 Å². The van der Waals surface area contributed by atoms with Crippen molar-refractivity contribution >= 4 is 5.83 Å². The molecule has 202 valence electrons. The van der Waals surface area contributed by atoms with Gasteiger partial charge in [0.15, 0.2) is 23.3 Å². The van der Waals surface area contributed by atoms with Crippen LogP contribution in [0.2, 0.25) is 0 Å². The number of rotatable bonds is 10. The summed E-state index contributed by atoms with van der Waals surface area (Å²) in [7, 11) is 0. The minimum absolute atomic E-state index is 0.0203. The second-order valence-corrected chi connectivity index (χ2v) is 9.52. The zero-order chi connectivity index (χ0) is 27.9. The Hall–Kier alpha value is -3.80. The molecule has 0 N–H and O–H groups in total. The van der Waals surface area contributed by atoms with Crippen LogP contribution in [0.3, 0.4) is 0 Å². The first kappa shape index (κ1) is 28.2. The Morgan fingerprint density at radius 3 is 1.64 bits per heavy atom. The molecule has 0 atom stereocenters. The largest absolute Gasteiger partial charge is 0.209 e. The zero-order valence-electron chi connectivity index (χ0n) is 21.5. The van der Waals surface area contributed by atoms with E-state index in [1.54, 1.807) is 25.1 Å². The summed E-state index contributed by atoms with van der Waals surface area (Å²) in [6, 6.07) is 20.5. The van der Waals surface area contributed by atoms with E-state index in [1.165, 1.54) is 12.1 Å². The van der Waals surface area contributed by atoms with Crippen LogP contribution in [-0.2, 0) is 12.8 Å². The molecule has 0 saturated heterocycles. The summed E-state index contributed by atoms with van der Waals surface area (Å²) in [6.45, 7) is 1.80. The SMILES string of the molecule is CCCC(F)=C(F)c1ccc(CCCCc2ccc(-c3ccc(-c4cc(F)c(F)c(F)c4)c(F)c3)cc2)cc1. The molecule has 0 heterocycles. The molecule has 4 rings (SSSR count). The van der Waals surface area contributed by atoms with Crippen LogP contribution in [0.1, 0.15) is 49.3 Å². The van der Waals surface area contributed by atoms with Gasteiger partial charge in [-0.2, -0.15) is 0 Å². The monoisotopic (exact) mass is 538 g/mol. The van der Waals surface area contributed by atoms with E-state index in [1.807, 2.05) is 36.4 Å². The summed E-state index contributed by atoms with van der Waals surface area (Å²) in [5.41, 5.74) is 3.75. The predicted octanol–water partition coefficient (Wildman–Crippen LogP) is 10.6. The van der Waals surface area contributed by atoms with Crippen LogP contribution in [0.15, 0.2) is 84.7 Å². The van der Waals surface area contributed by atoms with Crippen molar-refractivity contribution in [1.82, 2.24) is 0 Å². The van der Waals surface area contributed by atoms with Crippen LogP contribution < -0.4 is 0 Å². The van der Waals surface area contributed by atoms with E-state index >= 15 is 0 Å². The van der Waals surface area contributed by atoms with Gasteiger partial charge >= 0.3 is 0 Å². The van der Waals surface area contributed by atoms with Gasteiger partial charge in [-0.3, -0.25) is 0 Å². The Bertz CT molecular complexity index is 1430. The molecule has 4 aromatic rings. The van der Waals surface area contributed by atoms with Gasteiger partial charge in [0.25, 0.3) is 0 Å². The highest BCUT2D eigenvalue weighted by Crippen LogP contribution is 2.30. The van der Waals surface area contributed by atoms with Crippen LogP contribution in [0.5, 0.6) is 0 Å². The maximum atomic E-state index is 14.8. The molecule has 0 unspecified atom stereocenters. The molecular formula is C33H28F6. The van der Waals surface area contributed by atoms with Crippen molar-refractivity contribution in [2.24, 2.45) is 0 Å². The van der Waals surface area contributed by atoms with Crippen molar-refractivity contribution in [3.8, 4) is 22.3 Å². The summed E-state index contributed by atoms with van der Waals surface area (Å²) in [5.74, 6) is -6.50. The van der Waals surface area contributed by atoms with Crippen LogP contribution in [0, 0.1) is 23.3 Å². The van der Waals surface area contributed by atoms with Gasteiger partial charge in [-0.15, -0.1) is 0 Å². The second kappa shape index (κ2) is 12.8. The van der Waals surface area contributed by atoms with E-state index in [-0.39, 0.29) is 23.1 Å². The molecular weight excluding hydrogens is 510 g/mol. The smallest absolute Gasteiger partial charge is 0.194 e. The molecule has 0 bridgehead atoms. The maximum Gasteiger partial charge on any atom is 0.194 e. The minimum atomic E-state index is -1.59. The second-order valence-electron chi connectivity index (χ2n) is 9.52. The molecule has 0 aliphatic heterocycles. The average Bonchev–Trinajstić information content (AvgIpc) is 2.94. The third-order valence-corrected chi connectivity index (χ3v) is 6.65. The lowest BCUT2D eigenvalue weighted by Crippen LogP contribution is -1.94. The molecule has 4 aromatic carbocycles. The van der Waals surface area contributed by atoms with Gasteiger partial charge in [-0.1, -0.05) is 67.6 Å². The number of hydrogen-bond donors (Lipinski definition) is 0. The highest BCUT2D eigenvalue weighted by molar-refractivity contribution is 5.71. The lowest BCUT2D eigenvalue weighted by atomic mass is 9.97. The van der Waals surface area contributed by atoms with Crippen LogP contribution in [-0.4, -0.2) is 0 Å². The Morgan fingerprint density at radius 2 is 1.10 bits per heavy atom. The first-order chi connectivity index (χ1) is 18.8. The van der Waals surface area contributed by atoms with Gasteiger partial charge in [-0.05, 0) is 78.1 Å². The number of unbranched alkanes of at least 4 members (excludes halogenated alkanes) is 1. The van der Waals surface area contributed by atoms with E-state index < -0.39 is 34.9 Å². The molecule has 0 fully saturated rings. The Balaban J connectivity index is 1.32. The number of aryl methyl sites for hydroxylation is 2. The Labute approximate surface area is 224 Å². The van der Waals surface area contributed by atoms with Crippen LogP contribution in [0.25, 0.3) is 28.1 Å². The third-order valence-electron chi connectivity index (χ3n) is 6.65. The maximum absolute atomic E-state index is 14.8. The zero-order valence-corrected chi connectivity index (χ0v) is 21.5. The van der Waals surface area contributed by atoms with E-state index in [9.17, 15) is 26.3 Å². The highest BCUT2D eigenvalue weighted by atomic mass is 19.2. The van der Waals surface area contributed by atoms with Crippen LogP contribution >= 0.6 is 0 Å². The highest BCUT2D eigenvalue weighted by Gasteiger charge is 2.15. The fourth-order valence-electron chi connectivity index (χ4n) is 4.47. The molecule has 39 heavy (non-hydrogen) atoms. The van der Waals surface area contributed by atoms with Crippen molar-refractivity contribution in [2.75, 3.05) is 0 Å². The minimum Gasteiger partial charge on any atom is -0.209 e. The summed E-state index contributed by atoms with van der Waals surface area (Å²) in [6.07, 6.45) is 4.20. The van der Waals surface area contributed by atoms with Gasteiger partial charge in [-0.25, -0.2) is 26.3 Å². The Kier molecular flexibility index (Phi) is 9.28. The Morgan fingerprint density at radius 1 is 0.590 bits per heavy atom. The summed E-state index contributed by atoms with van der Waals surface area (Å²) in [5, 5.41) is 0. The fourth-order valence-corrected chi connectivity index (χ4v) is 4.47. The van der Waals surface area contributed by atoms with Crippen molar-refractivity contribution in [3.63, 3.8) is 0 Å². The lowest BCUT2D eigenvalue weighted by Gasteiger charge is -2.09. The van der Waals surface area contributed by atoms with Gasteiger partial charge in [0.1, 0.15) is 11.6 Å². The molecule has 6 heteroatoms. The molecule has 0 spiro atoms. The first-order valence-corrected chi connectivity index (χ1v) is 12.9. The number of allylic oxidation sites excluding steroid dienone is 1. The van der Waals surface area contributed by atoms with Gasteiger partial charge in [0.05, 0.1) is 0 Å². The molecule has 0 aliphatic rings. The van der Waals surface area contributed by atoms with Crippen molar-refractivity contribution in [1.29, 1.82) is 0 Å². The lowest BCUT2D eigenvalue weighted by molar-refractivity contribution is 0.447. The summed E-state index contributed by atoms with van der Waals surface area (Å²) >= 11 is 0. The normalized spacial score (nSPS) is 12.0. The molecule has 0 aromatic heterocycles. The summed E-state index contributed by atoms with van der Waals surface area (Å²) in [4.78, 5) is 0. The van der Waals surface area contributed by atoms with E-state index in [0.29, 0.717) is 12.0 Å². The van der Waals surface area contributed by atoms with Crippen molar-refractivity contribution in [3.05, 3.63) is 125 Å². The molecule has 0 nitrogen and oxygen atoms in total. The molecule has 0 amide bonds. The molecule has 0 saturated carbocycles. The summed E-state index contributed by atoms with van der Waals surface area (Å²) < 4.78 is 82.9. The molecule has 0 aliphatic carbocycles. The number of halogens is 6. The number of hydrogen-bond acceptors (Lipinski definition) is 0. The standard InChI is InChI=1S/C33H28F6/c1-2-5-28(34)32(38)24-14-10-22(11-15-24)7-4-3-6-21-8-12-23(13-9-21)25-16-17-27(29(35)18-25)26-19-30(36)33(39)31(37)20-26/h8-20H,2-7H2,1H3. The predicted molar refractivity (Wildman–Crippen MR) is 144 cm³/mol. The average molecular weight is 539 g/mol. The van der Waals surface area contributed by atoms with Crippen molar-refractivity contribution < 1.29 is 26.3 Å². The topological polar surface area (TPSA) is 0 Å². The van der Waals surface area contributed by atoms with E-state index in [4.69, 9.17) is 0 Å². The first-order valence-electron chi connectivity index (χ1n) is 12.9.